The highest BCUT2D eigenvalue weighted by Crippen LogP contribution is 2.55. The predicted octanol–water partition coefficient (Wildman–Crippen LogP) is 25.2. The van der Waals surface area contributed by atoms with Crippen molar-refractivity contribution in [1.82, 2.24) is 0 Å². The molecule has 0 spiro atoms. The fourth-order valence-corrected chi connectivity index (χ4v) is 18.1. The molecule has 480 valence electrons. The smallest absolute Gasteiger partial charge is 0.252 e. The molecule has 13 aromatic carbocycles. The Morgan fingerprint density at radius 1 is 0.212 bits per heavy atom. The summed E-state index contributed by atoms with van der Waals surface area (Å²) in [4.78, 5) is 5.69. The summed E-state index contributed by atoms with van der Waals surface area (Å²) < 4.78 is 0. The van der Waals surface area contributed by atoms with Crippen LogP contribution in [0.1, 0.15) is 131 Å². The number of anilines is 6. The molecule has 0 radical (unpaired) electrons. The lowest BCUT2D eigenvalue weighted by Crippen LogP contribution is -2.61. The molecule has 3 saturated carbocycles. The highest BCUT2D eigenvalue weighted by atomic mass is 15.2. The van der Waals surface area contributed by atoms with Crippen LogP contribution in [0.2, 0.25) is 0 Å². The Bertz CT molecular complexity index is 4580. The van der Waals surface area contributed by atoms with Gasteiger partial charge in [0.15, 0.2) is 0 Å². The van der Waals surface area contributed by atoms with Crippen LogP contribution in [0.25, 0.3) is 89.0 Å². The second-order valence-corrected chi connectivity index (χ2v) is 28.9. The average molecular weight is 1280 g/mol. The zero-order chi connectivity index (χ0) is 65.6. The zero-order valence-corrected chi connectivity index (χ0v) is 56.7. The maximum Gasteiger partial charge on any atom is 0.252 e. The molecule has 0 unspecified atom stereocenters. The summed E-state index contributed by atoms with van der Waals surface area (Å²) >= 11 is 0. The Morgan fingerprint density at radius 3 is 0.788 bits per heavy atom. The van der Waals surface area contributed by atoms with E-state index in [1.807, 2.05) is 0 Å². The van der Waals surface area contributed by atoms with Crippen molar-refractivity contribution in [3.05, 3.63) is 320 Å². The van der Waals surface area contributed by atoms with Gasteiger partial charge in [-0.3, -0.25) is 0 Å². The Labute approximate surface area is 586 Å². The van der Waals surface area contributed by atoms with E-state index >= 15 is 0 Å². The first kappa shape index (κ1) is 60.9. The number of para-hydroxylation sites is 2. The SMILES string of the molecule is c1ccc(-c2cccc(-c3cccc(-c4cccc(-c5ccccc5)c4)c3N3c4cc(C5CCCCC5)ccc4B4c5ccc(C6CCCCC6)cc5N(c5c(-c6cccc(-c7ccccc7)c6)cccc5-c5cccc(-c6ccccc6)c5)c5cc(C6CCCCC6)cc3c54)c2)cc1. The number of hydrogen-bond acceptors (Lipinski definition) is 2. The molecule has 2 aliphatic heterocycles. The monoisotopic (exact) mass is 1270 g/mol. The van der Waals surface area contributed by atoms with Crippen LogP contribution in [0.3, 0.4) is 0 Å². The minimum atomic E-state index is -0.0643. The second-order valence-electron chi connectivity index (χ2n) is 28.9. The quantitative estimate of drug-likeness (QED) is 0.106. The molecule has 5 aliphatic rings. The molecule has 0 amide bonds. The maximum absolute atomic E-state index is 2.84. The molecule has 3 fully saturated rings. The first-order valence-electron chi connectivity index (χ1n) is 37.1. The number of fused-ring (bicyclic) bond motifs is 4. The van der Waals surface area contributed by atoms with Gasteiger partial charge in [0.2, 0.25) is 0 Å². The van der Waals surface area contributed by atoms with Crippen molar-refractivity contribution in [3.8, 4) is 89.0 Å². The van der Waals surface area contributed by atoms with E-state index < -0.39 is 0 Å². The van der Waals surface area contributed by atoms with Crippen molar-refractivity contribution >= 4 is 57.2 Å². The van der Waals surface area contributed by atoms with Crippen LogP contribution in [0, 0.1) is 0 Å². The van der Waals surface area contributed by atoms with Gasteiger partial charge >= 0.3 is 0 Å². The maximum atomic E-state index is 2.84. The third-order valence-electron chi connectivity index (χ3n) is 23.0. The van der Waals surface area contributed by atoms with Crippen LogP contribution in [0.4, 0.5) is 34.1 Å². The Balaban J connectivity index is 0.971. The molecule has 99 heavy (non-hydrogen) atoms. The molecule has 0 aromatic heterocycles. The summed E-state index contributed by atoms with van der Waals surface area (Å²) in [6.45, 7) is -0.0643. The third kappa shape index (κ3) is 11.5. The van der Waals surface area contributed by atoms with E-state index in [9.17, 15) is 0 Å². The molecule has 0 N–H and O–H groups in total. The molecular weight excluding hydrogens is 1190 g/mol. The number of hydrogen-bond donors (Lipinski definition) is 0. The summed E-state index contributed by atoms with van der Waals surface area (Å²) in [5, 5.41) is 0. The highest BCUT2D eigenvalue weighted by molar-refractivity contribution is 7.00. The van der Waals surface area contributed by atoms with E-state index in [1.165, 1.54) is 253 Å². The number of rotatable bonds is 13. The third-order valence-corrected chi connectivity index (χ3v) is 23.0. The molecule has 18 rings (SSSR count). The normalized spacial score (nSPS) is 15.5. The average Bonchev–Trinajstić information content (AvgIpc) is 0.688. The molecule has 3 aliphatic carbocycles. The van der Waals surface area contributed by atoms with E-state index in [0.29, 0.717) is 17.8 Å². The molecule has 13 aromatic rings. The summed E-state index contributed by atoms with van der Waals surface area (Å²) in [5.41, 5.74) is 35.5. The van der Waals surface area contributed by atoms with Gasteiger partial charge in [0.25, 0.3) is 6.71 Å². The van der Waals surface area contributed by atoms with Crippen molar-refractivity contribution in [2.45, 2.75) is 114 Å². The van der Waals surface area contributed by atoms with Gasteiger partial charge in [-0.15, -0.1) is 0 Å². The van der Waals surface area contributed by atoms with E-state index in [0.717, 1.165) is 0 Å². The fraction of sp³-hybridized carbons (Fsp3) is 0.188. The molecule has 0 saturated heterocycles. The Morgan fingerprint density at radius 2 is 0.475 bits per heavy atom. The van der Waals surface area contributed by atoms with Crippen molar-refractivity contribution in [2.75, 3.05) is 9.80 Å². The van der Waals surface area contributed by atoms with Crippen molar-refractivity contribution in [1.29, 1.82) is 0 Å². The summed E-state index contributed by atoms with van der Waals surface area (Å²) in [7, 11) is 0. The van der Waals surface area contributed by atoms with E-state index in [2.05, 4.69) is 313 Å². The summed E-state index contributed by atoms with van der Waals surface area (Å²) in [5.74, 6) is 1.39. The lowest BCUT2D eigenvalue weighted by molar-refractivity contribution is 0.443. The van der Waals surface area contributed by atoms with Gasteiger partial charge in [-0.25, -0.2) is 0 Å². The molecular formula is C96H83BN2. The lowest BCUT2D eigenvalue weighted by Gasteiger charge is -2.46. The second kappa shape index (κ2) is 26.7. The first-order chi connectivity index (χ1) is 49.1. The molecule has 2 nitrogen and oxygen atoms in total. The standard InChI is InChI=1S/C96H83BN2/c1-8-28-66(29-9-1)73-42-22-46-79(58-73)84-50-26-51-85(80-47-23-43-74(59-80)67-30-10-2-11-31-67)95(84)98-90-62-77(70-36-16-5-17-37-70)54-56-88(90)97-89-57-55-78(71-38-18-6-19-39-71)63-91(89)99(93-65-83(64-92(98)94(93)97)72-40-20-7-21-41-72)96-86(81-48-24-44-75(60-81)68-32-12-3-13-33-68)52-27-53-87(96)82-49-25-45-76(61-82)69-34-14-4-15-35-69/h1-4,8-15,22-35,42-65,70-72H,5-7,16-21,36-41H2. The van der Waals surface area contributed by atoms with Crippen LogP contribution in [0.5, 0.6) is 0 Å². The van der Waals surface area contributed by atoms with E-state index in [4.69, 9.17) is 0 Å². The predicted molar refractivity (Wildman–Crippen MR) is 421 cm³/mol. The minimum Gasteiger partial charge on any atom is -0.310 e. The van der Waals surface area contributed by atoms with Crippen LogP contribution in [-0.2, 0) is 0 Å². The van der Waals surface area contributed by atoms with Crippen LogP contribution < -0.4 is 26.2 Å². The molecule has 3 heteroatoms. The fourth-order valence-electron chi connectivity index (χ4n) is 18.1. The van der Waals surface area contributed by atoms with Crippen molar-refractivity contribution in [2.24, 2.45) is 0 Å². The molecule has 0 bridgehead atoms. The van der Waals surface area contributed by atoms with Crippen LogP contribution in [-0.4, -0.2) is 6.71 Å². The van der Waals surface area contributed by atoms with E-state index in [-0.39, 0.29) is 6.71 Å². The van der Waals surface area contributed by atoms with Crippen LogP contribution in [0.15, 0.2) is 303 Å². The Hall–Kier alpha value is -10.5. The van der Waals surface area contributed by atoms with Crippen molar-refractivity contribution < 1.29 is 0 Å². The van der Waals surface area contributed by atoms with Gasteiger partial charge in [-0.1, -0.05) is 313 Å². The number of nitrogens with zero attached hydrogens (tertiary/aromatic N) is 2. The van der Waals surface area contributed by atoms with Crippen molar-refractivity contribution in [3.63, 3.8) is 0 Å². The topological polar surface area (TPSA) is 6.48 Å². The number of benzene rings is 13. The summed E-state index contributed by atoms with van der Waals surface area (Å²) in [6, 6.07) is 117. The van der Waals surface area contributed by atoms with Gasteiger partial charge in [0, 0.05) is 45.0 Å². The zero-order valence-electron chi connectivity index (χ0n) is 56.7. The van der Waals surface area contributed by atoms with Gasteiger partial charge < -0.3 is 9.80 Å². The summed E-state index contributed by atoms with van der Waals surface area (Å²) in [6.07, 6.45) is 18.7. The van der Waals surface area contributed by atoms with Gasteiger partial charge in [-0.05, 0) is 205 Å². The van der Waals surface area contributed by atoms with Crippen LogP contribution >= 0.6 is 0 Å². The lowest BCUT2D eigenvalue weighted by atomic mass is 9.33. The largest absolute Gasteiger partial charge is 0.310 e. The molecule has 2 heterocycles. The highest BCUT2D eigenvalue weighted by Gasteiger charge is 2.46. The van der Waals surface area contributed by atoms with Gasteiger partial charge in [0.05, 0.1) is 11.4 Å². The molecule has 0 atom stereocenters. The first-order valence-corrected chi connectivity index (χ1v) is 37.1. The van der Waals surface area contributed by atoms with Gasteiger partial charge in [0.1, 0.15) is 0 Å². The van der Waals surface area contributed by atoms with Gasteiger partial charge in [-0.2, -0.15) is 0 Å². The Kier molecular flexibility index (Phi) is 16.5. The minimum absolute atomic E-state index is 0.0643. The van der Waals surface area contributed by atoms with E-state index in [1.54, 1.807) is 0 Å².